The highest BCUT2D eigenvalue weighted by Crippen LogP contribution is 2.23. The summed E-state index contributed by atoms with van der Waals surface area (Å²) in [5.41, 5.74) is 6.25. The summed E-state index contributed by atoms with van der Waals surface area (Å²) in [6.45, 7) is 1.57. The third kappa shape index (κ3) is 3.65. The zero-order valence-corrected chi connectivity index (χ0v) is 11.2. The van der Waals surface area contributed by atoms with Gasteiger partial charge in [-0.2, -0.15) is 0 Å². The van der Waals surface area contributed by atoms with Crippen molar-refractivity contribution in [2.24, 2.45) is 5.73 Å². The molecule has 1 aromatic rings. The Balaban J connectivity index is 2.00. The van der Waals surface area contributed by atoms with Gasteiger partial charge in [-0.05, 0) is 42.5 Å². The lowest BCUT2D eigenvalue weighted by Crippen LogP contribution is -2.39. The number of rotatable bonds is 5. The molecule has 0 aromatic carbocycles. The van der Waals surface area contributed by atoms with Gasteiger partial charge in [-0.3, -0.25) is 9.69 Å². The highest BCUT2D eigenvalue weighted by molar-refractivity contribution is 7.10. The first-order valence-electron chi connectivity index (χ1n) is 6.08. The molecule has 1 amide bonds. The van der Waals surface area contributed by atoms with Gasteiger partial charge in [0.2, 0.25) is 5.91 Å². The molecule has 1 aliphatic rings. The number of aliphatic carboxylic acids is 1. The SMILES string of the molecule is NC(=O)C1CCCN1Cc1cc(C=CC(=O)O)cs1. The van der Waals surface area contributed by atoms with Crippen molar-refractivity contribution >= 4 is 29.3 Å². The van der Waals surface area contributed by atoms with E-state index in [2.05, 4.69) is 4.90 Å². The normalized spacial score (nSPS) is 20.1. The van der Waals surface area contributed by atoms with Crippen molar-refractivity contribution in [3.05, 3.63) is 28.0 Å². The van der Waals surface area contributed by atoms with Crippen LogP contribution in [-0.2, 0) is 16.1 Å². The van der Waals surface area contributed by atoms with Crippen LogP contribution in [0.1, 0.15) is 23.3 Å². The summed E-state index contributed by atoms with van der Waals surface area (Å²) in [7, 11) is 0. The molecule has 1 fully saturated rings. The van der Waals surface area contributed by atoms with Crippen LogP contribution in [0.5, 0.6) is 0 Å². The van der Waals surface area contributed by atoms with Crippen LogP contribution in [0.25, 0.3) is 6.08 Å². The lowest BCUT2D eigenvalue weighted by Gasteiger charge is -2.20. The van der Waals surface area contributed by atoms with Crippen molar-refractivity contribution in [2.75, 3.05) is 6.54 Å². The summed E-state index contributed by atoms with van der Waals surface area (Å²) in [5.74, 6) is -1.22. The van der Waals surface area contributed by atoms with E-state index in [9.17, 15) is 9.59 Å². The maximum atomic E-state index is 11.3. The largest absolute Gasteiger partial charge is 0.478 e. The summed E-state index contributed by atoms with van der Waals surface area (Å²) < 4.78 is 0. The highest BCUT2D eigenvalue weighted by Gasteiger charge is 2.28. The van der Waals surface area contributed by atoms with E-state index in [1.807, 2.05) is 11.4 Å². The van der Waals surface area contributed by atoms with E-state index >= 15 is 0 Å². The van der Waals surface area contributed by atoms with Crippen LogP contribution < -0.4 is 5.73 Å². The van der Waals surface area contributed by atoms with Crippen molar-refractivity contribution in [2.45, 2.75) is 25.4 Å². The number of carbonyl (C=O) groups excluding carboxylic acids is 1. The van der Waals surface area contributed by atoms with E-state index in [4.69, 9.17) is 10.8 Å². The molecule has 2 heterocycles. The third-order valence-corrected chi connectivity index (χ3v) is 4.08. The minimum absolute atomic E-state index is 0.167. The van der Waals surface area contributed by atoms with Gasteiger partial charge in [-0.25, -0.2) is 4.79 Å². The maximum absolute atomic E-state index is 11.3. The van der Waals surface area contributed by atoms with E-state index in [1.54, 1.807) is 17.4 Å². The smallest absolute Gasteiger partial charge is 0.328 e. The molecule has 5 nitrogen and oxygen atoms in total. The fourth-order valence-electron chi connectivity index (χ4n) is 2.27. The number of hydrogen-bond donors (Lipinski definition) is 2. The fourth-order valence-corrected chi connectivity index (χ4v) is 3.15. The number of carboxylic acids is 1. The molecule has 1 aromatic heterocycles. The number of primary amides is 1. The molecule has 0 aliphatic carbocycles. The Bertz CT molecular complexity index is 510. The number of carbonyl (C=O) groups is 2. The average Bonchev–Trinajstić information content (AvgIpc) is 2.96. The number of nitrogens with zero attached hydrogens (tertiary/aromatic N) is 1. The second kappa shape index (κ2) is 5.99. The Hall–Kier alpha value is -1.66. The Morgan fingerprint density at radius 3 is 3.05 bits per heavy atom. The van der Waals surface area contributed by atoms with Crippen LogP contribution in [0.4, 0.5) is 0 Å². The highest BCUT2D eigenvalue weighted by atomic mass is 32.1. The van der Waals surface area contributed by atoms with Gasteiger partial charge in [-0.15, -0.1) is 11.3 Å². The first-order chi connectivity index (χ1) is 9.06. The van der Waals surface area contributed by atoms with Gasteiger partial charge in [0.1, 0.15) is 0 Å². The molecular weight excluding hydrogens is 264 g/mol. The van der Waals surface area contributed by atoms with Gasteiger partial charge < -0.3 is 10.8 Å². The molecule has 1 saturated heterocycles. The molecule has 3 N–H and O–H groups in total. The van der Waals surface area contributed by atoms with Crippen LogP contribution in [0.2, 0.25) is 0 Å². The van der Waals surface area contributed by atoms with Crippen molar-refractivity contribution in [1.29, 1.82) is 0 Å². The number of hydrogen-bond acceptors (Lipinski definition) is 4. The number of likely N-dealkylation sites (tertiary alicyclic amines) is 1. The van der Waals surface area contributed by atoms with Crippen LogP contribution in [-0.4, -0.2) is 34.5 Å². The van der Waals surface area contributed by atoms with E-state index in [0.29, 0.717) is 6.54 Å². The van der Waals surface area contributed by atoms with E-state index in [-0.39, 0.29) is 11.9 Å². The first kappa shape index (κ1) is 13.8. The average molecular weight is 280 g/mol. The molecule has 2 rings (SSSR count). The van der Waals surface area contributed by atoms with Crippen LogP contribution in [0.3, 0.4) is 0 Å². The molecule has 0 bridgehead atoms. The van der Waals surface area contributed by atoms with Gasteiger partial charge in [0.15, 0.2) is 0 Å². The van der Waals surface area contributed by atoms with Crippen LogP contribution >= 0.6 is 11.3 Å². The molecule has 19 heavy (non-hydrogen) atoms. The lowest BCUT2D eigenvalue weighted by molar-refractivity contribution is -0.131. The number of carboxylic acid groups (broad SMARTS) is 1. The number of nitrogens with two attached hydrogens (primary N) is 1. The zero-order valence-electron chi connectivity index (χ0n) is 10.4. The van der Waals surface area contributed by atoms with Gasteiger partial charge in [0.05, 0.1) is 6.04 Å². The van der Waals surface area contributed by atoms with Gasteiger partial charge in [0.25, 0.3) is 0 Å². The fraction of sp³-hybridized carbons (Fsp3) is 0.385. The maximum Gasteiger partial charge on any atom is 0.328 e. The summed E-state index contributed by atoms with van der Waals surface area (Å²) in [4.78, 5) is 24.9. The third-order valence-electron chi connectivity index (χ3n) is 3.14. The second-order valence-electron chi connectivity index (χ2n) is 4.55. The predicted octanol–water partition coefficient (Wildman–Crippen LogP) is 1.30. The minimum atomic E-state index is -0.957. The van der Waals surface area contributed by atoms with Crippen molar-refractivity contribution < 1.29 is 14.7 Å². The van der Waals surface area contributed by atoms with Gasteiger partial charge in [-0.1, -0.05) is 0 Å². The predicted molar refractivity (Wildman–Crippen MR) is 73.6 cm³/mol. The Morgan fingerprint density at radius 1 is 1.58 bits per heavy atom. The monoisotopic (exact) mass is 280 g/mol. The molecule has 0 radical (unpaired) electrons. The Labute approximate surface area is 115 Å². The summed E-state index contributed by atoms with van der Waals surface area (Å²) in [6, 6.07) is 1.78. The van der Waals surface area contributed by atoms with Crippen molar-refractivity contribution in [3.8, 4) is 0 Å². The Kier molecular flexibility index (Phi) is 4.34. The number of thiophene rings is 1. The minimum Gasteiger partial charge on any atom is -0.478 e. The second-order valence-corrected chi connectivity index (χ2v) is 5.54. The summed E-state index contributed by atoms with van der Waals surface area (Å²) >= 11 is 1.56. The van der Waals surface area contributed by atoms with E-state index < -0.39 is 5.97 Å². The molecule has 1 unspecified atom stereocenters. The van der Waals surface area contributed by atoms with Crippen molar-refractivity contribution in [1.82, 2.24) is 4.90 Å². The topological polar surface area (TPSA) is 83.6 Å². The zero-order chi connectivity index (χ0) is 13.8. The molecular formula is C13H16N2O3S. The number of amides is 1. The lowest BCUT2D eigenvalue weighted by atomic mass is 10.2. The molecule has 6 heteroatoms. The molecule has 102 valence electrons. The van der Waals surface area contributed by atoms with Gasteiger partial charge in [0, 0.05) is 17.5 Å². The Morgan fingerprint density at radius 2 is 2.37 bits per heavy atom. The quantitative estimate of drug-likeness (QED) is 0.796. The standard InChI is InChI=1S/C13H16N2O3S/c14-13(18)11-2-1-5-15(11)7-10-6-9(8-19-10)3-4-12(16)17/h3-4,6,8,11H,1-2,5,7H2,(H2,14,18)(H,16,17). The van der Waals surface area contributed by atoms with Crippen LogP contribution in [0, 0.1) is 0 Å². The summed E-state index contributed by atoms with van der Waals surface area (Å²) in [6.07, 6.45) is 4.50. The van der Waals surface area contributed by atoms with E-state index in [1.165, 1.54) is 0 Å². The van der Waals surface area contributed by atoms with Crippen LogP contribution in [0.15, 0.2) is 17.5 Å². The molecule has 1 aliphatic heterocycles. The summed E-state index contributed by atoms with van der Waals surface area (Å²) in [5, 5.41) is 10.5. The molecule has 0 spiro atoms. The van der Waals surface area contributed by atoms with Gasteiger partial charge >= 0.3 is 5.97 Å². The first-order valence-corrected chi connectivity index (χ1v) is 6.96. The van der Waals surface area contributed by atoms with Crippen molar-refractivity contribution in [3.63, 3.8) is 0 Å². The van der Waals surface area contributed by atoms with E-state index in [0.717, 1.165) is 35.9 Å². The molecule has 1 atom stereocenters. The molecule has 0 saturated carbocycles.